The molecule has 0 aliphatic heterocycles. The van der Waals surface area contributed by atoms with Crippen LogP contribution >= 0.6 is 0 Å². The highest BCUT2D eigenvalue weighted by Gasteiger charge is 2.14. The summed E-state index contributed by atoms with van der Waals surface area (Å²) in [6.45, 7) is 4.12. The highest BCUT2D eigenvalue weighted by atomic mass is 32.2. The molecular weight excluding hydrogens is 398 g/mol. The lowest BCUT2D eigenvalue weighted by Crippen LogP contribution is -2.13. The molecule has 3 aromatic carbocycles. The van der Waals surface area contributed by atoms with Crippen molar-refractivity contribution in [3.05, 3.63) is 95.1 Å². The van der Waals surface area contributed by atoms with Gasteiger partial charge in [0.25, 0.3) is 10.0 Å². The summed E-state index contributed by atoms with van der Waals surface area (Å²) in [4.78, 5) is 11.3. The zero-order valence-corrected chi connectivity index (χ0v) is 17.8. The number of nitrogens with one attached hydrogen (secondary N) is 1. The van der Waals surface area contributed by atoms with Crippen LogP contribution in [0, 0.1) is 0 Å². The molecule has 0 aliphatic rings. The Balaban J connectivity index is 1.64. The Hall–Kier alpha value is -3.12. The van der Waals surface area contributed by atoms with Gasteiger partial charge in [0.1, 0.15) is 0 Å². The number of hydrogen-bond donors (Lipinski definition) is 2. The number of aryl methyl sites for hydroxylation is 2. The lowest BCUT2D eigenvalue weighted by molar-refractivity contribution is 0.0696. The molecule has 0 bridgehead atoms. The maximum atomic E-state index is 12.6. The van der Waals surface area contributed by atoms with Crippen molar-refractivity contribution in [3.8, 4) is 0 Å². The van der Waals surface area contributed by atoms with E-state index >= 15 is 0 Å². The van der Waals surface area contributed by atoms with Gasteiger partial charge in [-0.05, 0) is 71.8 Å². The standard InChI is InChI=1S/C24H25NO4S/c1-17(2)20-10-14-23(15-11-20)30(28,29)25-22-12-8-18(9-13-22)6-7-19-4-3-5-21(16-19)24(26)27/h3-5,8-17,25H,6-7H2,1-2H3,(H,26,27). The van der Waals surface area contributed by atoms with Crippen LogP contribution in [0.2, 0.25) is 0 Å². The van der Waals surface area contributed by atoms with Crippen molar-refractivity contribution in [3.63, 3.8) is 0 Å². The monoisotopic (exact) mass is 423 g/mol. The van der Waals surface area contributed by atoms with E-state index in [1.54, 1.807) is 42.5 Å². The summed E-state index contributed by atoms with van der Waals surface area (Å²) >= 11 is 0. The van der Waals surface area contributed by atoms with Gasteiger partial charge in [0.2, 0.25) is 0 Å². The van der Waals surface area contributed by atoms with E-state index in [2.05, 4.69) is 18.6 Å². The van der Waals surface area contributed by atoms with E-state index in [4.69, 9.17) is 5.11 Å². The Kier molecular flexibility index (Phi) is 6.57. The second-order valence-electron chi connectivity index (χ2n) is 7.53. The first-order chi connectivity index (χ1) is 14.2. The zero-order valence-electron chi connectivity index (χ0n) is 17.0. The molecule has 30 heavy (non-hydrogen) atoms. The maximum Gasteiger partial charge on any atom is 0.335 e. The number of hydrogen-bond acceptors (Lipinski definition) is 3. The van der Waals surface area contributed by atoms with E-state index in [1.165, 1.54) is 0 Å². The number of anilines is 1. The molecule has 3 rings (SSSR count). The van der Waals surface area contributed by atoms with Crippen LogP contribution in [-0.2, 0) is 22.9 Å². The lowest BCUT2D eigenvalue weighted by Gasteiger charge is -2.11. The first-order valence-electron chi connectivity index (χ1n) is 9.78. The van der Waals surface area contributed by atoms with Gasteiger partial charge in [-0.2, -0.15) is 0 Å². The Bertz CT molecular complexity index is 1120. The van der Waals surface area contributed by atoms with E-state index < -0.39 is 16.0 Å². The van der Waals surface area contributed by atoms with Crippen LogP contribution in [0.5, 0.6) is 0 Å². The predicted octanol–water partition coefficient (Wildman–Crippen LogP) is 5.09. The highest BCUT2D eigenvalue weighted by Crippen LogP contribution is 2.20. The third-order valence-electron chi connectivity index (χ3n) is 4.94. The molecule has 0 spiro atoms. The molecule has 0 saturated heterocycles. The summed E-state index contributed by atoms with van der Waals surface area (Å²) in [5, 5.41) is 9.08. The Morgan fingerprint density at radius 2 is 1.53 bits per heavy atom. The third kappa shape index (κ3) is 5.48. The number of benzene rings is 3. The second kappa shape index (κ2) is 9.13. The van der Waals surface area contributed by atoms with Gasteiger partial charge in [-0.15, -0.1) is 0 Å². The van der Waals surface area contributed by atoms with Crippen LogP contribution in [0.15, 0.2) is 77.7 Å². The molecule has 5 nitrogen and oxygen atoms in total. The highest BCUT2D eigenvalue weighted by molar-refractivity contribution is 7.92. The van der Waals surface area contributed by atoms with Crippen molar-refractivity contribution in [2.24, 2.45) is 0 Å². The second-order valence-corrected chi connectivity index (χ2v) is 9.21. The lowest BCUT2D eigenvalue weighted by atomic mass is 10.0. The average molecular weight is 424 g/mol. The summed E-state index contributed by atoms with van der Waals surface area (Å²) in [6, 6.07) is 21.0. The van der Waals surface area contributed by atoms with E-state index in [1.807, 2.05) is 30.3 Å². The quantitative estimate of drug-likeness (QED) is 0.528. The summed E-state index contributed by atoms with van der Waals surface area (Å²) in [7, 11) is -3.64. The van der Waals surface area contributed by atoms with Crippen molar-refractivity contribution >= 4 is 21.7 Å². The molecular formula is C24H25NO4S. The summed E-state index contributed by atoms with van der Waals surface area (Å²) in [6.07, 6.45) is 1.43. The number of carboxylic acids is 1. The minimum Gasteiger partial charge on any atom is -0.478 e. The van der Waals surface area contributed by atoms with Gasteiger partial charge >= 0.3 is 5.97 Å². The van der Waals surface area contributed by atoms with Crippen molar-refractivity contribution in [1.29, 1.82) is 0 Å². The molecule has 0 unspecified atom stereocenters. The summed E-state index contributed by atoms with van der Waals surface area (Å²) < 4.78 is 27.8. The molecule has 0 aromatic heterocycles. The first kappa shape index (κ1) is 21.6. The van der Waals surface area contributed by atoms with Crippen LogP contribution in [0.1, 0.15) is 46.8 Å². The summed E-state index contributed by atoms with van der Waals surface area (Å²) in [5.41, 5.74) is 3.86. The fourth-order valence-electron chi connectivity index (χ4n) is 3.13. The van der Waals surface area contributed by atoms with E-state index in [0.29, 0.717) is 18.0 Å². The van der Waals surface area contributed by atoms with Crippen molar-refractivity contribution in [2.75, 3.05) is 4.72 Å². The van der Waals surface area contributed by atoms with E-state index in [9.17, 15) is 13.2 Å². The van der Waals surface area contributed by atoms with E-state index in [0.717, 1.165) is 23.1 Å². The van der Waals surface area contributed by atoms with Crippen LogP contribution in [0.25, 0.3) is 0 Å². The van der Waals surface area contributed by atoms with Gasteiger partial charge in [-0.3, -0.25) is 4.72 Å². The molecule has 0 amide bonds. The van der Waals surface area contributed by atoms with Crippen LogP contribution in [0.3, 0.4) is 0 Å². The molecule has 6 heteroatoms. The minimum atomic E-state index is -3.64. The van der Waals surface area contributed by atoms with Crippen LogP contribution < -0.4 is 4.72 Å². The minimum absolute atomic E-state index is 0.231. The molecule has 0 radical (unpaired) electrons. The van der Waals surface area contributed by atoms with Crippen molar-refractivity contribution < 1.29 is 18.3 Å². The Morgan fingerprint density at radius 1 is 0.900 bits per heavy atom. The van der Waals surface area contributed by atoms with Gasteiger partial charge in [0.15, 0.2) is 0 Å². The zero-order chi connectivity index (χ0) is 21.7. The fourth-order valence-corrected chi connectivity index (χ4v) is 4.19. The number of sulfonamides is 1. The predicted molar refractivity (Wildman–Crippen MR) is 119 cm³/mol. The van der Waals surface area contributed by atoms with Gasteiger partial charge in [0.05, 0.1) is 10.5 Å². The van der Waals surface area contributed by atoms with Crippen molar-refractivity contribution in [2.45, 2.75) is 37.5 Å². The van der Waals surface area contributed by atoms with E-state index in [-0.39, 0.29) is 10.5 Å². The molecule has 3 aromatic rings. The molecule has 0 aliphatic carbocycles. The number of aromatic carboxylic acids is 1. The fraction of sp³-hybridized carbons (Fsp3) is 0.208. The Morgan fingerprint density at radius 3 is 2.13 bits per heavy atom. The van der Waals surface area contributed by atoms with Crippen LogP contribution in [-0.4, -0.2) is 19.5 Å². The smallest absolute Gasteiger partial charge is 0.335 e. The normalized spacial score (nSPS) is 11.4. The third-order valence-corrected chi connectivity index (χ3v) is 6.34. The largest absolute Gasteiger partial charge is 0.478 e. The first-order valence-corrected chi connectivity index (χ1v) is 11.3. The van der Waals surface area contributed by atoms with Gasteiger partial charge < -0.3 is 5.11 Å². The number of carbonyl (C=O) groups is 1. The van der Waals surface area contributed by atoms with Gasteiger partial charge in [0, 0.05) is 5.69 Å². The maximum absolute atomic E-state index is 12.6. The molecule has 156 valence electrons. The molecule has 0 fully saturated rings. The molecule has 2 N–H and O–H groups in total. The number of carboxylic acid groups (broad SMARTS) is 1. The number of rotatable bonds is 8. The van der Waals surface area contributed by atoms with Crippen LogP contribution in [0.4, 0.5) is 5.69 Å². The summed E-state index contributed by atoms with van der Waals surface area (Å²) in [5.74, 6) is -0.596. The molecule has 0 saturated carbocycles. The van der Waals surface area contributed by atoms with Crippen molar-refractivity contribution in [1.82, 2.24) is 0 Å². The van der Waals surface area contributed by atoms with Gasteiger partial charge in [-0.1, -0.05) is 50.2 Å². The molecule has 0 atom stereocenters. The SMILES string of the molecule is CC(C)c1ccc(S(=O)(=O)Nc2ccc(CCc3cccc(C(=O)O)c3)cc2)cc1. The van der Waals surface area contributed by atoms with Gasteiger partial charge in [-0.25, -0.2) is 13.2 Å². The molecule has 0 heterocycles. The average Bonchev–Trinajstić information content (AvgIpc) is 2.73. The topological polar surface area (TPSA) is 83.5 Å². The Labute approximate surface area is 177 Å².